The Balaban J connectivity index is 1.86. The number of carbonyl (C=O) groups excluding carboxylic acids is 1. The van der Waals surface area contributed by atoms with Gasteiger partial charge in [0.25, 0.3) is 0 Å². The second-order valence-electron chi connectivity index (χ2n) is 6.80. The van der Waals surface area contributed by atoms with Crippen LogP contribution in [0.3, 0.4) is 0 Å². The van der Waals surface area contributed by atoms with E-state index in [0.29, 0.717) is 36.5 Å². The van der Waals surface area contributed by atoms with Crippen LogP contribution in [0.5, 0.6) is 11.5 Å². The second-order valence-corrected chi connectivity index (χ2v) is 6.80. The summed E-state index contributed by atoms with van der Waals surface area (Å²) in [7, 11) is 5.21. The number of benzene rings is 1. The van der Waals surface area contributed by atoms with Crippen molar-refractivity contribution < 1.29 is 14.3 Å². The fourth-order valence-corrected chi connectivity index (χ4v) is 3.37. The van der Waals surface area contributed by atoms with E-state index in [0.717, 1.165) is 12.0 Å². The average Bonchev–Trinajstić information content (AvgIpc) is 2.56. The molecule has 1 amide bonds. The van der Waals surface area contributed by atoms with Gasteiger partial charge in [-0.3, -0.25) is 9.69 Å². The van der Waals surface area contributed by atoms with Crippen LogP contribution >= 0.6 is 0 Å². The molecule has 0 spiro atoms. The highest BCUT2D eigenvalue weighted by molar-refractivity contribution is 5.78. The first-order valence-electron chi connectivity index (χ1n) is 8.72. The largest absolute Gasteiger partial charge is 0.493 e. The quantitative estimate of drug-likeness (QED) is 0.833. The SMILES string of the molecule is COc1ccc(CN(C)CC(=O)NC2CCCCC2C)cc1OC. The molecule has 0 radical (unpaired) electrons. The molecule has 0 aromatic heterocycles. The van der Waals surface area contributed by atoms with Gasteiger partial charge < -0.3 is 14.8 Å². The Morgan fingerprint density at radius 1 is 1.21 bits per heavy atom. The van der Waals surface area contributed by atoms with Crippen molar-refractivity contribution >= 4 is 5.91 Å². The Morgan fingerprint density at radius 3 is 2.58 bits per heavy atom. The maximum Gasteiger partial charge on any atom is 0.234 e. The third-order valence-electron chi connectivity index (χ3n) is 4.77. The molecule has 24 heavy (non-hydrogen) atoms. The molecule has 134 valence electrons. The van der Waals surface area contributed by atoms with Gasteiger partial charge in [0.15, 0.2) is 11.5 Å². The van der Waals surface area contributed by atoms with Crippen LogP contribution in [0, 0.1) is 5.92 Å². The molecule has 2 rings (SSSR count). The van der Waals surface area contributed by atoms with Gasteiger partial charge in [-0.2, -0.15) is 0 Å². The maximum absolute atomic E-state index is 12.3. The van der Waals surface area contributed by atoms with Gasteiger partial charge in [-0.15, -0.1) is 0 Å². The van der Waals surface area contributed by atoms with Crippen molar-refractivity contribution in [3.8, 4) is 11.5 Å². The van der Waals surface area contributed by atoms with E-state index in [1.807, 2.05) is 30.1 Å². The molecule has 2 atom stereocenters. The summed E-state index contributed by atoms with van der Waals surface area (Å²) in [5.41, 5.74) is 1.09. The lowest BCUT2D eigenvalue weighted by Gasteiger charge is -2.30. The number of likely N-dealkylation sites (N-methyl/N-ethyl adjacent to an activating group) is 1. The van der Waals surface area contributed by atoms with E-state index >= 15 is 0 Å². The van der Waals surface area contributed by atoms with Crippen LogP contribution in [0.15, 0.2) is 18.2 Å². The Bertz CT molecular complexity index is 547. The molecule has 2 unspecified atom stereocenters. The van der Waals surface area contributed by atoms with Gasteiger partial charge in [-0.1, -0.05) is 25.8 Å². The Hall–Kier alpha value is -1.75. The molecule has 5 nitrogen and oxygen atoms in total. The van der Waals surface area contributed by atoms with Gasteiger partial charge in [0.2, 0.25) is 5.91 Å². The first-order valence-corrected chi connectivity index (χ1v) is 8.72. The van der Waals surface area contributed by atoms with Crippen molar-refractivity contribution in [1.29, 1.82) is 0 Å². The first-order chi connectivity index (χ1) is 11.5. The first kappa shape index (κ1) is 18.6. The lowest BCUT2D eigenvalue weighted by atomic mass is 9.86. The molecular weight excluding hydrogens is 304 g/mol. The minimum absolute atomic E-state index is 0.108. The molecule has 5 heteroatoms. The molecule has 1 aromatic carbocycles. The Morgan fingerprint density at radius 2 is 1.92 bits per heavy atom. The van der Waals surface area contributed by atoms with Crippen LogP contribution in [-0.4, -0.2) is 44.7 Å². The third kappa shape index (κ3) is 5.13. The smallest absolute Gasteiger partial charge is 0.234 e. The molecule has 1 fully saturated rings. The monoisotopic (exact) mass is 334 g/mol. The van der Waals surface area contributed by atoms with Gasteiger partial charge in [-0.25, -0.2) is 0 Å². The number of ether oxygens (including phenoxy) is 2. The van der Waals surface area contributed by atoms with Gasteiger partial charge in [-0.05, 0) is 43.5 Å². The van der Waals surface area contributed by atoms with E-state index in [9.17, 15) is 4.79 Å². The molecule has 0 aliphatic heterocycles. The zero-order valence-electron chi connectivity index (χ0n) is 15.3. The highest BCUT2D eigenvalue weighted by atomic mass is 16.5. The standard InChI is InChI=1S/C19H30N2O3/c1-14-7-5-6-8-16(14)20-19(22)13-21(2)12-15-9-10-17(23-3)18(11-15)24-4/h9-11,14,16H,5-8,12-13H2,1-4H3,(H,20,22). The van der Waals surface area contributed by atoms with E-state index in [1.54, 1.807) is 14.2 Å². The summed E-state index contributed by atoms with van der Waals surface area (Å²) in [5, 5.41) is 3.20. The fourth-order valence-electron chi connectivity index (χ4n) is 3.37. The van der Waals surface area contributed by atoms with Gasteiger partial charge in [0, 0.05) is 12.6 Å². The van der Waals surface area contributed by atoms with Crippen LogP contribution in [-0.2, 0) is 11.3 Å². The van der Waals surface area contributed by atoms with E-state index < -0.39 is 0 Å². The van der Waals surface area contributed by atoms with E-state index in [1.165, 1.54) is 19.3 Å². The number of rotatable bonds is 7. The maximum atomic E-state index is 12.3. The lowest BCUT2D eigenvalue weighted by molar-refractivity contribution is -0.123. The van der Waals surface area contributed by atoms with E-state index in [4.69, 9.17) is 9.47 Å². The molecule has 0 heterocycles. The molecule has 1 saturated carbocycles. The average molecular weight is 334 g/mol. The van der Waals surface area contributed by atoms with Crippen LogP contribution in [0.2, 0.25) is 0 Å². The topological polar surface area (TPSA) is 50.8 Å². The van der Waals surface area contributed by atoms with Crippen molar-refractivity contribution in [2.24, 2.45) is 5.92 Å². The molecule has 0 saturated heterocycles. The predicted molar refractivity (Wildman–Crippen MR) is 95.4 cm³/mol. The predicted octanol–water partition coefficient (Wildman–Crippen LogP) is 2.83. The number of hydrogen-bond acceptors (Lipinski definition) is 4. The van der Waals surface area contributed by atoms with Gasteiger partial charge in [0.05, 0.1) is 20.8 Å². The van der Waals surface area contributed by atoms with Crippen LogP contribution in [0.4, 0.5) is 0 Å². The lowest BCUT2D eigenvalue weighted by Crippen LogP contribution is -2.44. The minimum atomic E-state index is 0.108. The highest BCUT2D eigenvalue weighted by Gasteiger charge is 2.23. The summed E-state index contributed by atoms with van der Waals surface area (Å²) in [5.74, 6) is 2.12. The number of hydrogen-bond donors (Lipinski definition) is 1. The molecule has 1 aliphatic rings. The summed E-state index contributed by atoms with van der Waals surface area (Å²) in [4.78, 5) is 14.3. The summed E-state index contributed by atoms with van der Waals surface area (Å²) in [6, 6.07) is 6.18. The van der Waals surface area contributed by atoms with Crippen molar-refractivity contribution in [3.05, 3.63) is 23.8 Å². The summed E-state index contributed by atoms with van der Waals surface area (Å²) < 4.78 is 10.6. The Kier molecular flexibility index (Phi) is 6.91. The zero-order chi connectivity index (χ0) is 17.5. The van der Waals surface area contributed by atoms with Gasteiger partial charge >= 0.3 is 0 Å². The van der Waals surface area contributed by atoms with Crippen molar-refractivity contribution in [3.63, 3.8) is 0 Å². The van der Waals surface area contributed by atoms with Crippen LogP contribution < -0.4 is 14.8 Å². The summed E-state index contributed by atoms with van der Waals surface area (Å²) >= 11 is 0. The Labute approximate surface area is 145 Å². The molecular formula is C19H30N2O3. The third-order valence-corrected chi connectivity index (χ3v) is 4.77. The number of amides is 1. The number of nitrogens with one attached hydrogen (secondary N) is 1. The highest BCUT2D eigenvalue weighted by Crippen LogP contribution is 2.28. The van der Waals surface area contributed by atoms with Crippen molar-refractivity contribution in [1.82, 2.24) is 10.2 Å². The van der Waals surface area contributed by atoms with Crippen molar-refractivity contribution in [2.45, 2.75) is 45.2 Å². The number of carbonyl (C=O) groups is 1. The number of methoxy groups -OCH3 is 2. The molecule has 0 bridgehead atoms. The molecule has 1 aliphatic carbocycles. The zero-order valence-corrected chi connectivity index (χ0v) is 15.3. The van der Waals surface area contributed by atoms with Crippen molar-refractivity contribution in [2.75, 3.05) is 27.8 Å². The molecule has 1 aromatic rings. The summed E-state index contributed by atoms with van der Waals surface area (Å²) in [6.07, 6.45) is 4.82. The van der Waals surface area contributed by atoms with E-state index in [2.05, 4.69) is 12.2 Å². The summed E-state index contributed by atoms with van der Waals surface area (Å²) in [6.45, 7) is 3.32. The van der Waals surface area contributed by atoms with Crippen LogP contribution in [0.25, 0.3) is 0 Å². The minimum Gasteiger partial charge on any atom is -0.493 e. The molecule has 1 N–H and O–H groups in total. The van der Waals surface area contributed by atoms with E-state index in [-0.39, 0.29) is 5.91 Å². The second kappa shape index (κ2) is 8.92. The number of nitrogens with zero attached hydrogens (tertiary/aromatic N) is 1. The van der Waals surface area contributed by atoms with Crippen LogP contribution in [0.1, 0.15) is 38.2 Å². The van der Waals surface area contributed by atoms with Gasteiger partial charge in [0.1, 0.15) is 0 Å². The fraction of sp³-hybridized carbons (Fsp3) is 0.632. The normalized spacial score (nSPS) is 20.7.